The van der Waals surface area contributed by atoms with Crippen molar-refractivity contribution in [3.8, 4) is 0 Å². The van der Waals surface area contributed by atoms with Crippen LogP contribution in [0, 0.1) is 0 Å². The third-order valence-corrected chi connectivity index (χ3v) is 3.84. The molecule has 19 heavy (non-hydrogen) atoms. The summed E-state index contributed by atoms with van der Waals surface area (Å²) in [7, 11) is -3.64. The van der Waals surface area contributed by atoms with Crippen molar-refractivity contribution < 1.29 is 18.3 Å². The number of nitrogens with zero attached hydrogens (tertiary/aromatic N) is 2. The maximum absolute atomic E-state index is 11.7. The molecule has 2 rings (SSSR count). The number of carbonyl (C=O) groups is 1. The van der Waals surface area contributed by atoms with E-state index in [2.05, 4.69) is 4.40 Å². The monoisotopic (exact) mass is 280 g/mol. The molecule has 0 radical (unpaired) electrons. The fraction of sp³-hybridized carbons (Fsp3) is 0.167. The van der Waals surface area contributed by atoms with Crippen molar-refractivity contribution in [2.45, 2.75) is 11.8 Å². The van der Waals surface area contributed by atoms with Crippen LogP contribution in [0.5, 0.6) is 0 Å². The van der Waals surface area contributed by atoms with Crippen molar-refractivity contribution in [2.75, 3.05) is 11.4 Å². The Morgan fingerprint density at radius 2 is 2.11 bits per heavy atom. The van der Waals surface area contributed by atoms with Gasteiger partial charge in [-0.05, 0) is 24.6 Å². The molecule has 0 amide bonds. The molecule has 1 aromatic rings. The maximum atomic E-state index is 11.7. The van der Waals surface area contributed by atoms with Gasteiger partial charge in [0, 0.05) is 12.6 Å². The van der Waals surface area contributed by atoms with Gasteiger partial charge in [-0.15, -0.1) is 4.40 Å². The summed E-state index contributed by atoms with van der Waals surface area (Å²) >= 11 is 0. The second kappa shape index (κ2) is 4.85. The van der Waals surface area contributed by atoms with Crippen LogP contribution in [0.25, 0.3) is 0 Å². The van der Waals surface area contributed by atoms with Gasteiger partial charge in [0.2, 0.25) is 0 Å². The zero-order chi connectivity index (χ0) is 14.0. The normalized spacial score (nSPS) is 17.1. The molecule has 0 saturated carbocycles. The Morgan fingerprint density at radius 1 is 1.42 bits per heavy atom. The van der Waals surface area contributed by atoms with Crippen molar-refractivity contribution in [3.05, 3.63) is 35.9 Å². The molecule has 1 N–H and O–H groups in total. The summed E-state index contributed by atoms with van der Waals surface area (Å²) in [5, 5.41) is 8.67. The molecule has 1 aromatic carbocycles. The van der Waals surface area contributed by atoms with E-state index in [9.17, 15) is 13.2 Å². The van der Waals surface area contributed by atoms with Gasteiger partial charge in [0.1, 0.15) is 11.2 Å². The Kier molecular flexibility index (Phi) is 3.39. The second-order valence-electron chi connectivity index (χ2n) is 4.12. The lowest BCUT2D eigenvalue weighted by Crippen LogP contribution is -2.28. The molecule has 0 fully saturated rings. The molecule has 6 nitrogen and oxygen atoms in total. The molecule has 0 aliphatic carbocycles. The zero-order valence-corrected chi connectivity index (χ0v) is 11.0. The van der Waals surface area contributed by atoms with Gasteiger partial charge >= 0.3 is 5.97 Å². The van der Waals surface area contributed by atoms with Crippen molar-refractivity contribution in [1.29, 1.82) is 0 Å². The van der Waals surface area contributed by atoms with Crippen LogP contribution in [0.1, 0.15) is 6.92 Å². The smallest absolute Gasteiger partial charge is 0.328 e. The lowest BCUT2D eigenvalue weighted by Gasteiger charge is -2.25. The van der Waals surface area contributed by atoms with Crippen molar-refractivity contribution >= 4 is 28.0 Å². The number of carboxylic acids is 1. The van der Waals surface area contributed by atoms with Crippen LogP contribution in [-0.2, 0) is 14.8 Å². The van der Waals surface area contributed by atoms with E-state index in [-0.39, 0.29) is 11.4 Å². The summed E-state index contributed by atoms with van der Waals surface area (Å²) < 4.78 is 27.0. The largest absolute Gasteiger partial charge is 0.478 e. The van der Waals surface area contributed by atoms with Gasteiger partial charge in [-0.1, -0.05) is 12.1 Å². The average Bonchev–Trinajstić information content (AvgIpc) is 2.32. The minimum atomic E-state index is -3.64. The summed E-state index contributed by atoms with van der Waals surface area (Å²) in [6.07, 6.45) is 2.29. The van der Waals surface area contributed by atoms with Gasteiger partial charge in [-0.25, -0.2) is 4.79 Å². The molecule has 7 heteroatoms. The molecule has 0 unspecified atom stereocenters. The Bertz CT molecular complexity index is 677. The number of anilines is 1. The van der Waals surface area contributed by atoms with Crippen molar-refractivity contribution in [3.63, 3.8) is 0 Å². The Labute approximate surface area is 110 Å². The van der Waals surface area contributed by atoms with E-state index in [0.717, 1.165) is 6.08 Å². The Balaban J connectivity index is 2.38. The predicted octanol–water partition coefficient (Wildman–Crippen LogP) is 1.25. The first-order chi connectivity index (χ1) is 8.90. The summed E-state index contributed by atoms with van der Waals surface area (Å²) in [4.78, 5) is 12.3. The van der Waals surface area contributed by atoms with Crippen molar-refractivity contribution in [1.82, 2.24) is 0 Å². The number of aliphatic carboxylic acids is 1. The average molecular weight is 280 g/mol. The molecular weight excluding hydrogens is 268 g/mol. The van der Waals surface area contributed by atoms with Gasteiger partial charge in [-0.3, -0.25) is 0 Å². The number of hydrogen-bond acceptors (Lipinski definition) is 4. The lowest BCUT2D eigenvalue weighted by atomic mass is 10.2. The van der Waals surface area contributed by atoms with E-state index >= 15 is 0 Å². The molecule has 0 aromatic heterocycles. The van der Waals surface area contributed by atoms with Crippen LogP contribution < -0.4 is 4.90 Å². The van der Waals surface area contributed by atoms with E-state index in [4.69, 9.17) is 5.11 Å². The lowest BCUT2D eigenvalue weighted by molar-refractivity contribution is -0.131. The fourth-order valence-electron chi connectivity index (χ4n) is 1.80. The molecule has 0 bridgehead atoms. The molecule has 0 saturated heterocycles. The highest BCUT2D eigenvalue weighted by Crippen LogP contribution is 2.29. The summed E-state index contributed by atoms with van der Waals surface area (Å²) in [6.45, 7) is 1.93. The minimum absolute atomic E-state index is 0.126. The molecule has 0 atom stereocenters. The third kappa shape index (κ3) is 2.82. The minimum Gasteiger partial charge on any atom is -0.478 e. The molecule has 1 heterocycles. The number of fused-ring (bicyclic) bond motifs is 1. The first-order valence-corrected chi connectivity index (χ1v) is 6.90. The van der Waals surface area contributed by atoms with Crippen LogP contribution in [0.4, 0.5) is 5.69 Å². The predicted molar refractivity (Wildman–Crippen MR) is 70.9 cm³/mol. The molecule has 0 spiro atoms. The van der Waals surface area contributed by atoms with Gasteiger partial charge < -0.3 is 10.0 Å². The summed E-state index contributed by atoms with van der Waals surface area (Å²) in [5.41, 5.74) is 1.09. The van der Waals surface area contributed by atoms with E-state index in [1.54, 1.807) is 30.0 Å². The number of rotatable bonds is 3. The Hall–Kier alpha value is -2.15. The topological polar surface area (TPSA) is 87.0 Å². The zero-order valence-electron chi connectivity index (χ0n) is 10.1. The standard InChI is InChI=1S/C12H12N2O4S/c1-9(6-12(15)16)7-14-8-13-19(17,18)11-5-3-2-4-10(11)14/h2-6,8H,7H2,1H3,(H,15,16)/b9-6-. The highest BCUT2D eigenvalue weighted by molar-refractivity contribution is 7.90. The summed E-state index contributed by atoms with van der Waals surface area (Å²) in [5.74, 6) is -1.03. The van der Waals surface area contributed by atoms with Crippen LogP contribution in [0.2, 0.25) is 0 Å². The van der Waals surface area contributed by atoms with Gasteiger partial charge in [0.15, 0.2) is 0 Å². The molecule has 1 aliphatic rings. The van der Waals surface area contributed by atoms with Crippen LogP contribution >= 0.6 is 0 Å². The van der Waals surface area contributed by atoms with Gasteiger partial charge in [0.05, 0.1) is 5.69 Å². The number of para-hydroxylation sites is 1. The number of sulfonamides is 1. The van der Waals surface area contributed by atoms with Gasteiger partial charge in [-0.2, -0.15) is 8.42 Å². The molecule has 100 valence electrons. The van der Waals surface area contributed by atoms with Crippen LogP contribution in [0.15, 0.2) is 45.2 Å². The highest BCUT2D eigenvalue weighted by Gasteiger charge is 2.24. The first kappa shape index (κ1) is 13.3. The quantitative estimate of drug-likeness (QED) is 0.842. The fourth-order valence-corrected chi connectivity index (χ4v) is 2.85. The van der Waals surface area contributed by atoms with E-state index in [0.29, 0.717) is 11.3 Å². The maximum Gasteiger partial charge on any atom is 0.328 e. The first-order valence-electron chi connectivity index (χ1n) is 5.46. The third-order valence-electron chi connectivity index (χ3n) is 2.57. The van der Waals surface area contributed by atoms with E-state index < -0.39 is 16.0 Å². The second-order valence-corrected chi connectivity index (χ2v) is 5.72. The van der Waals surface area contributed by atoms with Crippen LogP contribution in [-0.4, -0.2) is 32.4 Å². The van der Waals surface area contributed by atoms with Crippen LogP contribution in [0.3, 0.4) is 0 Å². The van der Waals surface area contributed by atoms with Gasteiger partial charge in [0.25, 0.3) is 10.0 Å². The van der Waals surface area contributed by atoms with E-state index in [1.807, 2.05) is 0 Å². The molecular formula is C12H12N2O4S. The number of benzene rings is 1. The Morgan fingerprint density at radius 3 is 2.79 bits per heavy atom. The number of carboxylic acid groups (broad SMARTS) is 1. The van der Waals surface area contributed by atoms with E-state index in [1.165, 1.54) is 12.4 Å². The number of hydrogen-bond donors (Lipinski definition) is 1. The van der Waals surface area contributed by atoms with Crippen molar-refractivity contribution in [2.24, 2.45) is 4.40 Å². The summed E-state index contributed by atoms with van der Waals surface area (Å²) in [6, 6.07) is 6.47. The SMILES string of the molecule is C/C(=C/C(=O)O)CN1C=NS(=O)(=O)c2ccccc21. The highest BCUT2D eigenvalue weighted by atomic mass is 32.2. The molecule has 1 aliphatic heterocycles.